The average molecular weight is 347 g/mol. The number of nitrogens with zero attached hydrogens (tertiary/aromatic N) is 2. The van der Waals surface area contributed by atoms with Crippen LogP contribution in [0.2, 0.25) is 0 Å². The zero-order valence-electron chi connectivity index (χ0n) is 15.6. The molecule has 0 fully saturated rings. The van der Waals surface area contributed by atoms with Crippen LogP contribution in [0.1, 0.15) is 41.6 Å². The standard InChI is InChI=1S/C22H25N3O/c1-16-9-10-17(2)21(13-16)18(3)24-22(26)12-11-19-14-23-25(15-19)20-7-5-4-6-8-20/h4-10,13-15,18H,11-12H2,1-3H3,(H,24,26). The highest BCUT2D eigenvalue weighted by atomic mass is 16.1. The fourth-order valence-electron chi connectivity index (χ4n) is 3.09. The summed E-state index contributed by atoms with van der Waals surface area (Å²) in [4.78, 5) is 12.3. The van der Waals surface area contributed by atoms with E-state index in [1.54, 1.807) is 0 Å². The zero-order valence-corrected chi connectivity index (χ0v) is 15.6. The van der Waals surface area contributed by atoms with E-state index in [0.717, 1.165) is 11.3 Å². The first-order valence-corrected chi connectivity index (χ1v) is 8.98. The number of amides is 1. The van der Waals surface area contributed by atoms with Gasteiger partial charge in [-0.15, -0.1) is 0 Å². The number of nitrogens with one attached hydrogen (secondary N) is 1. The number of aromatic nitrogens is 2. The van der Waals surface area contributed by atoms with Gasteiger partial charge in [-0.2, -0.15) is 5.10 Å². The molecule has 0 aliphatic carbocycles. The molecule has 1 aromatic heterocycles. The van der Waals surface area contributed by atoms with Gasteiger partial charge in [-0.25, -0.2) is 4.68 Å². The number of hydrogen-bond acceptors (Lipinski definition) is 2. The van der Waals surface area contributed by atoms with Crippen LogP contribution in [-0.2, 0) is 11.2 Å². The quantitative estimate of drug-likeness (QED) is 0.723. The lowest BCUT2D eigenvalue weighted by Crippen LogP contribution is -2.27. The first kappa shape index (κ1) is 17.9. The SMILES string of the molecule is Cc1ccc(C)c(C(C)NC(=O)CCc2cnn(-c3ccccc3)c2)c1. The largest absolute Gasteiger partial charge is 0.350 e. The smallest absolute Gasteiger partial charge is 0.220 e. The molecular weight excluding hydrogens is 322 g/mol. The molecule has 1 heterocycles. The molecule has 0 aliphatic heterocycles. The summed E-state index contributed by atoms with van der Waals surface area (Å²) < 4.78 is 1.84. The van der Waals surface area contributed by atoms with Crippen LogP contribution in [0.4, 0.5) is 0 Å². The van der Waals surface area contributed by atoms with Crippen molar-refractivity contribution in [3.05, 3.63) is 83.2 Å². The van der Waals surface area contributed by atoms with Crippen LogP contribution in [0, 0.1) is 13.8 Å². The van der Waals surface area contributed by atoms with Gasteiger partial charge in [-0.05, 0) is 56.0 Å². The molecule has 0 bridgehead atoms. The maximum Gasteiger partial charge on any atom is 0.220 e. The van der Waals surface area contributed by atoms with E-state index in [4.69, 9.17) is 0 Å². The Hall–Kier alpha value is -2.88. The van der Waals surface area contributed by atoms with Gasteiger partial charge in [0.05, 0.1) is 17.9 Å². The minimum Gasteiger partial charge on any atom is -0.350 e. The van der Waals surface area contributed by atoms with Gasteiger partial charge in [0, 0.05) is 12.6 Å². The van der Waals surface area contributed by atoms with Crippen molar-refractivity contribution >= 4 is 5.91 Å². The Morgan fingerprint density at radius 1 is 1.15 bits per heavy atom. The van der Waals surface area contributed by atoms with E-state index < -0.39 is 0 Å². The van der Waals surface area contributed by atoms with Crippen LogP contribution in [-0.4, -0.2) is 15.7 Å². The van der Waals surface area contributed by atoms with E-state index in [1.165, 1.54) is 16.7 Å². The molecule has 3 rings (SSSR count). The third-order valence-electron chi connectivity index (χ3n) is 4.58. The molecule has 4 heteroatoms. The van der Waals surface area contributed by atoms with Gasteiger partial charge in [-0.1, -0.05) is 42.0 Å². The number of aryl methyl sites for hydroxylation is 3. The van der Waals surface area contributed by atoms with Crippen LogP contribution in [0.15, 0.2) is 60.9 Å². The van der Waals surface area contributed by atoms with Gasteiger partial charge >= 0.3 is 0 Å². The molecule has 0 aliphatic rings. The van der Waals surface area contributed by atoms with E-state index in [1.807, 2.05) is 54.3 Å². The summed E-state index contributed by atoms with van der Waals surface area (Å²) in [7, 11) is 0. The first-order valence-electron chi connectivity index (χ1n) is 8.98. The molecule has 2 aromatic carbocycles. The van der Waals surface area contributed by atoms with Gasteiger partial charge in [0.25, 0.3) is 0 Å². The summed E-state index contributed by atoms with van der Waals surface area (Å²) in [5, 5.41) is 7.49. The normalized spacial score (nSPS) is 12.0. The van der Waals surface area contributed by atoms with Gasteiger partial charge in [0.1, 0.15) is 0 Å². The van der Waals surface area contributed by atoms with Crippen LogP contribution >= 0.6 is 0 Å². The maximum atomic E-state index is 12.3. The Bertz CT molecular complexity index is 883. The van der Waals surface area contributed by atoms with Crippen LogP contribution in [0.3, 0.4) is 0 Å². The first-order chi connectivity index (χ1) is 12.5. The molecule has 134 valence electrons. The molecule has 26 heavy (non-hydrogen) atoms. The van der Waals surface area contributed by atoms with Crippen molar-refractivity contribution in [1.82, 2.24) is 15.1 Å². The minimum atomic E-state index is 0.00874. The van der Waals surface area contributed by atoms with E-state index in [2.05, 4.69) is 42.5 Å². The molecule has 3 aromatic rings. The van der Waals surface area contributed by atoms with Gasteiger partial charge < -0.3 is 5.32 Å². The Balaban J connectivity index is 1.56. The summed E-state index contributed by atoms with van der Waals surface area (Å²) >= 11 is 0. The van der Waals surface area contributed by atoms with E-state index >= 15 is 0 Å². The fourth-order valence-corrected chi connectivity index (χ4v) is 3.09. The molecule has 1 N–H and O–H groups in total. The molecule has 0 radical (unpaired) electrons. The predicted octanol–water partition coefficient (Wildman–Crippen LogP) is 4.30. The fraction of sp³-hybridized carbons (Fsp3) is 0.273. The van der Waals surface area contributed by atoms with E-state index in [-0.39, 0.29) is 11.9 Å². The third-order valence-corrected chi connectivity index (χ3v) is 4.58. The van der Waals surface area contributed by atoms with Crippen molar-refractivity contribution in [3.8, 4) is 5.69 Å². The Kier molecular flexibility index (Phi) is 5.52. The Morgan fingerprint density at radius 2 is 1.92 bits per heavy atom. The third kappa shape index (κ3) is 4.39. The number of carbonyl (C=O) groups excluding carboxylic acids is 1. The topological polar surface area (TPSA) is 46.9 Å². The summed E-state index contributed by atoms with van der Waals surface area (Å²) in [6.07, 6.45) is 4.94. The van der Waals surface area contributed by atoms with Gasteiger partial charge in [-0.3, -0.25) is 4.79 Å². The zero-order chi connectivity index (χ0) is 18.5. The number of carbonyl (C=O) groups is 1. The lowest BCUT2D eigenvalue weighted by atomic mass is 10.00. The Labute approximate surface area is 154 Å². The molecule has 1 atom stereocenters. The number of hydrogen-bond donors (Lipinski definition) is 1. The average Bonchev–Trinajstić information content (AvgIpc) is 3.12. The lowest BCUT2D eigenvalue weighted by molar-refractivity contribution is -0.121. The molecule has 1 unspecified atom stereocenters. The number of para-hydroxylation sites is 1. The summed E-state index contributed by atoms with van der Waals surface area (Å²) in [5.41, 5.74) is 5.66. The highest BCUT2D eigenvalue weighted by Gasteiger charge is 2.12. The summed E-state index contributed by atoms with van der Waals surface area (Å²) in [6.45, 7) is 6.18. The lowest BCUT2D eigenvalue weighted by Gasteiger charge is -2.17. The predicted molar refractivity (Wildman–Crippen MR) is 104 cm³/mol. The minimum absolute atomic E-state index is 0.00874. The molecular formula is C22H25N3O. The Morgan fingerprint density at radius 3 is 2.69 bits per heavy atom. The van der Waals surface area contributed by atoms with Crippen LogP contribution in [0.25, 0.3) is 5.69 Å². The van der Waals surface area contributed by atoms with Crippen LogP contribution in [0.5, 0.6) is 0 Å². The van der Waals surface area contributed by atoms with Crippen molar-refractivity contribution in [2.24, 2.45) is 0 Å². The molecule has 0 saturated heterocycles. The second-order valence-corrected chi connectivity index (χ2v) is 6.78. The van der Waals surface area contributed by atoms with Crippen molar-refractivity contribution in [3.63, 3.8) is 0 Å². The maximum absolute atomic E-state index is 12.3. The summed E-state index contributed by atoms with van der Waals surface area (Å²) in [5.74, 6) is 0.0610. The number of benzene rings is 2. The van der Waals surface area contributed by atoms with Crippen molar-refractivity contribution < 1.29 is 4.79 Å². The highest BCUT2D eigenvalue weighted by molar-refractivity contribution is 5.76. The van der Waals surface area contributed by atoms with Crippen molar-refractivity contribution in [1.29, 1.82) is 0 Å². The summed E-state index contributed by atoms with van der Waals surface area (Å²) in [6, 6.07) is 16.3. The van der Waals surface area contributed by atoms with Gasteiger partial charge in [0.15, 0.2) is 0 Å². The highest BCUT2D eigenvalue weighted by Crippen LogP contribution is 2.19. The van der Waals surface area contributed by atoms with E-state index in [9.17, 15) is 4.79 Å². The number of rotatable bonds is 6. The molecule has 0 spiro atoms. The molecule has 4 nitrogen and oxygen atoms in total. The van der Waals surface area contributed by atoms with E-state index in [0.29, 0.717) is 12.8 Å². The van der Waals surface area contributed by atoms with Crippen molar-refractivity contribution in [2.45, 2.75) is 39.7 Å². The molecule has 1 amide bonds. The second-order valence-electron chi connectivity index (χ2n) is 6.78. The molecule has 0 saturated carbocycles. The second kappa shape index (κ2) is 8.00. The van der Waals surface area contributed by atoms with Crippen LogP contribution < -0.4 is 5.32 Å². The monoisotopic (exact) mass is 347 g/mol. The van der Waals surface area contributed by atoms with Gasteiger partial charge in [0.2, 0.25) is 5.91 Å². The van der Waals surface area contributed by atoms with Crippen molar-refractivity contribution in [2.75, 3.05) is 0 Å².